The van der Waals surface area contributed by atoms with Crippen LogP contribution in [-0.2, 0) is 0 Å². The fourth-order valence-corrected chi connectivity index (χ4v) is 2.15. The van der Waals surface area contributed by atoms with Crippen LogP contribution in [0.1, 0.15) is 30.5 Å². The van der Waals surface area contributed by atoms with Gasteiger partial charge in [-0.05, 0) is 42.8 Å². The van der Waals surface area contributed by atoms with E-state index in [0.29, 0.717) is 12.1 Å². The highest BCUT2D eigenvalue weighted by atomic mass is 19.1. The van der Waals surface area contributed by atoms with Crippen molar-refractivity contribution in [1.29, 1.82) is 0 Å². The molecule has 1 N–H and O–H groups in total. The Morgan fingerprint density at radius 1 is 1.00 bits per heavy atom. The Morgan fingerprint density at radius 3 is 2.25 bits per heavy atom. The van der Waals surface area contributed by atoms with Crippen molar-refractivity contribution in [3.05, 3.63) is 71.0 Å². The number of nitrogens with one attached hydrogen (secondary N) is 1. The Labute approximate surface area is 116 Å². The van der Waals surface area contributed by atoms with E-state index in [1.165, 1.54) is 36.4 Å². The van der Waals surface area contributed by atoms with E-state index in [9.17, 15) is 13.2 Å². The van der Waals surface area contributed by atoms with E-state index in [1.807, 2.05) is 6.92 Å². The maximum absolute atomic E-state index is 13.9. The molecule has 0 saturated heterocycles. The Balaban J connectivity index is 2.47. The van der Waals surface area contributed by atoms with Crippen LogP contribution in [0.2, 0.25) is 0 Å². The lowest BCUT2D eigenvalue weighted by Crippen LogP contribution is -2.25. The number of rotatable bonds is 5. The minimum atomic E-state index is -0.702. The van der Waals surface area contributed by atoms with Gasteiger partial charge in [0.15, 0.2) is 0 Å². The fraction of sp³-hybridized carbons (Fsp3) is 0.250. The number of halogens is 3. The van der Waals surface area contributed by atoms with E-state index < -0.39 is 23.5 Å². The van der Waals surface area contributed by atoms with E-state index in [4.69, 9.17) is 0 Å². The minimum absolute atomic E-state index is 0.0773. The predicted octanol–water partition coefficient (Wildman–Crippen LogP) is 4.19. The SMILES string of the molecule is CCCNC(c1cccc(F)c1)c1c(F)cccc1F. The van der Waals surface area contributed by atoms with Crippen molar-refractivity contribution < 1.29 is 13.2 Å². The summed E-state index contributed by atoms with van der Waals surface area (Å²) in [6, 6.07) is 8.81. The standard InChI is InChI=1S/C16H16F3N/c1-2-9-20-16(11-5-3-6-12(17)10-11)15-13(18)7-4-8-14(15)19/h3-8,10,16,20H,2,9H2,1H3. The molecule has 0 spiro atoms. The molecule has 2 rings (SSSR count). The lowest BCUT2D eigenvalue weighted by molar-refractivity contribution is 0.501. The first-order valence-electron chi connectivity index (χ1n) is 6.56. The highest BCUT2D eigenvalue weighted by Crippen LogP contribution is 2.27. The lowest BCUT2D eigenvalue weighted by Gasteiger charge is -2.20. The van der Waals surface area contributed by atoms with Crippen LogP contribution in [0.3, 0.4) is 0 Å². The molecule has 2 aromatic rings. The lowest BCUT2D eigenvalue weighted by atomic mass is 9.97. The first-order valence-corrected chi connectivity index (χ1v) is 6.56. The summed E-state index contributed by atoms with van der Waals surface area (Å²) in [5, 5.41) is 3.06. The van der Waals surface area contributed by atoms with Gasteiger partial charge in [-0.2, -0.15) is 0 Å². The summed E-state index contributed by atoms with van der Waals surface area (Å²) in [5.41, 5.74) is 0.425. The van der Waals surface area contributed by atoms with Crippen molar-refractivity contribution in [2.45, 2.75) is 19.4 Å². The summed E-state index contributed by atoms with van der Waals surface area (Å²) in [4.78, 5) is 0. The van der Waals surface area contributed by atoms with Crippen LogP contribution >= 0.6 is 0 Å². The first kappa shape index (κ1) is 14.6. The second kappa shape index (κ2) is 6.57. The quantitative estimate of drug-likeness (QED) is 0.865. The molecule has 0 bridgehead atoms. The fourth-order valence-electron chi connectivity index (χ4n) is 2.15. The Hall–Kier alpha value is -1.81. The summed E-state index contributed by atoms with van der Waals surface area (Å²) in [5.74, 6) is -1.70. The van der Waals surface area contributed by atoms with Crippen LogP contribution in [0.5, 0.6) is 0 Å². The summed E-state index contributed by atoms with van der Waals surface area (Å²) in [6.45, 7) is 2.53. The Morgan fingerprint density at radius 2 is 1.65 bits per heavy atom. The molecule has 0 aliphatic rings. The molecule has 0 aliphatic heterocycles. The normalized spacial score (nSPS) is 12.4. The molecule has 20 heavy (non-hydrogen) atoms. The molecule has 0 fully saturated rings. The number of hydrogen-bond donors (Lipinski definition) is 1. The third-order valence-electron chi connectivity index (χ3n) is 3.07. The van der Waals surface area contributed by atoms with Gasteiger partial charge in [0.05, 0.1) is 6.04 Å². The van der Waals surface area contributed by atoms with Crippen LogP contribution in [0.25, 0.3) is 0 Å². The van der Waals surface area contributed by atoms with Gasteiger partial charge in [0.1, 0.15) is 17.5 Å². The van der Waals surface area contributed by atoms with Gasteiger partial charge in [-0.25, -0.2) is 13.2 Å². The molecule has 4 heteroatoms. The van der Waals surface area contributed by atoms with Gasteiger partial charge in [0.25, 0.3) is 0 Å². The molecule has 1 nitrogen and oxygen atoms in total. The Bertz CT molecular complexity index is 563. The minimum Gasteiger partial charge on any atom is -0.306 e. The smallest absolute Gasteiger partial charge is 0.131 e. The van der Waals surface area contributed by atoms with Crippen molar-refractivity contribution in [3.63, 3.8) is 0 Å². The van der Waals surface area contributed by atoms with Crippen LogP contribution in [0.4, 0.5) is 13.2 Å². The molecule has 0 amide bonds. The summed E-state index contributed by atoms with van der Waals surface area (Å²) in [6.07, 6.45) is 0.807. The largest absolute Gasteiger partial charge is 0.306 e. The van der Waals surface area contributed by atoms with Gasteiger partial charge >= 0.3 is 0 Å². The summed E-state index contributed by atoms with van der Waals surface area (Å²) < 4.78 is 41.2. The van der Waals surface area contributed by atoms with Crippen LogP contribution < -0.4 is 5.32 Å². The molecule has 0 saturated carbocycles. The zero-order valence-electron chi connectivity index (χ0n) is 11.2. The third-order valence-corrected chi connectivity index (χ3v) is 3.07. The highest BCUT2D eigenvalue weighted by Gasteiger charge is 2.21. The van der Waals surface area contributed by atoms with Gasteiger partial charge in [-0.1, -0.05) is 25.1 Å². The van der Waals surface area contributed by atoms with E-state index in [-0.39, 0.29) is 5.56 Å². The molecule has 106 valence electrons. The molecular weight excluding hydrogens is 263 g/mol. The van der Waals surface area contributed by atoms with Crippen molar-refractivity contribution >= 4 is 0 Å². The molecule has 0 aromatic heterocycles. The summed E-state index contributed by atoms with van der Waals surface area (Å²) >= 11 is 0. The van der Waals surface area contributed by atoms with Crippen molar-refractivity contribution in [1.82, 2.24) is 5.32 Å². The van der Waals surface area contributed by atoms with Crippen LogP contribution in [0, 0.1) is 17.5 Å². The Kier molecular flexibility index (Phi) is 4.79. The van der Waals surface area contributed by atoms with E-state index >= 15 is 0 Å². The molecule has 0 radical (unpaired) electrons. The van der Waals surface area contributed by atoms with E-state index in [1.54, 1.807) is 6.07 Å². The summed E-state index contributed by atoms with van der Waals surface area (Å²) in [7, 11) is 0. The predicted molar refractivity (Wildman–Crippen MR) is 72.9 cm³/mol. The monoisotopic (exact) mass is 279 g/mol. The average molecular weight is 279 g/mol. The molecular formula is C16H16F3N. The second-order valence-corrected chi connectivity index (χ2v) is 4.58. The molecule has 1 unspecified atom stereocenters. The van der Waals surface area contributed by atoms with E-state index in [0.717, 1.165) is 6.42 Å². The highest BCUT2D eigenvalue weighted by molar-refractivity contribution is 5.34. The van der Waals surface area contributed by atoms with Crippen LogP contribution in [-0.4, -0.2) is 6.54 Å². The maximum atomic E-state index is 13.9. The van der Waals surface area contributed by atoms with Gasteiger partial charge in [-0.15, -0.1) is 0 Å². The molecule has 0 heterocycles. The van der Waals surface area contributed by atoms with E-state index in [2.05, 4.69) is 5.32 Å². The average Bonchev–Trinajstić information content (AvgIpc) is 2.42. The molecule has 0 aliphatic carbocycles. The van der Waals surface area contributed by atoms with Crippen LogP contribution in [0.15, 0.2) is 42.5 Å². The van der Waals surface area contributed by atoms with Gasteiger partial charge in [0, 0.05) is 5.56 Å². The first-order chi connectivity index (χ1) is 9.63. The maximum Gasteiger partial charge on any atom is 0.131 e. The number of hydrogen-bond acceptors (Lipinski definition) is 1. The zero-order chi connectivity index (χ0) is 14.5. The number of benzene rings is 2. The topological polar surface area (TPSA) is 12.0 Å². The van der Waals surface area contributed by atoms with Crippen molar-refractivity contribution in [3.8, 4) is 0 Å². The van der Waals surface area contributed by atoms with Crippen molar-refractivity contribution in [2.24, 2.45) is 0 Å². The van der Waals surface area contributed by atoms with Gasteiger partial charge in [0.2, 0.25) is 0 Å². The second-order valence-electron chi connectivity index (χ2n) is 4.58. The third kappa shape index (κ3) is 3.20. The molecule has 2 aromatic carbocycles. The molecule has 1 atom stereocenters. The van der Waals surface area contributed by atoms with Gasteiger partial charge in [-0.3, -0.25) is 0 Å². The zero-order valence-corrected chi connectivity index (χ0v) is 11.2. The van der Waals surface area contributed by atoms with Crippen molar-refractivity contribution in [2.75, 3.05) is 6.54 Å². The van der Waals surface area contributed by atoms with Gasteiger partial charge < -0.3 is 5.32 Å².